The molecule has 1 aliphatic rings. The number of pyridine rings is 1. The van der Waals surface area contributed by atoms with Gasteiger partial charge in [-0.05, 0) is 28.4 Å². The molecule has 1 aromatic heterocycles. The smallest absolute Gasteiger partial charge is 0.140 e. The van der Waals surface area contributed by atoms with Crippen LogP contribution in [0.2, 0.25) is 0 Å². The first-order valence-electron chi connectivity index (χ1n) is 4.51. The highest BCUT2D eigenvalue weighted by Gasteiger charge is 2.16. The Hall–Kier alpha value is -0.810. The van der Waals surface area contributed by atoms with Crippen molar-refractivity contribution >= 4 is 27.4 Å². The third kappa shape index (κ3) is 2.16. The van der Waals surface area contributed by atoms with E-state index in [4.69, 9.17) is 10.5 Å². The van der Waals surface area contributed by atoms with Crippen LogP contribution in [0, 0.1) is 0 Å². The molecule has 0 unspecified atom stereocenters. The van der Waals surface area contributed by atoms with Crippen molar-refractivity contribution < 1.29 is 4.74 Å². The lowest BCUT2D eigenvalue weighted by atomic mass is 10.2. The van der Waals surface area contributed by atoms with Crippen LogP contribution in [0.25, 0.3) is 0 Å². The van der Waals surface area contributed by atoms with Crippen LogP contribution in [0.4, 0.5) is 11.5 Å². The van der Waals surface area contributed by atoms with Crippen molar-refractivity contribution in [2.45, 2.75) is 12.5 Å². The van der Waals surface area contributed by atoms with Gasteiger partial charge in [-0.1, -0.05) is 0 Å². The van der Waals surface area contributed by atoms with Crippen molar-refractivity contribution in [3.05, 3.63) is 16.7 Å². The second-order valence-electron chi connectivity index (χ2n) is 3.30. The molecule has 2 rings (SSSR count). The number of nitrogens with zero attached hydrogens (tertiary/aromatic N) is 1. The third-order valence-corrected chi connectivity index (χ3v) is 2.74. The normalized spacial score (nSPS) is 21.1. The van der Waals surface area contributed by atoms with Gasteiger partial charge in [-0.25, -0.2) is 4.98 Å². The number of hydrogen-bond donors (Lipinski definition) is 2. The quantitative estimate of drug-likeness (QED) is 0.846. The topological polar surface area (TPSA) is 60.2 Å². The summed E-state index contributed by atoms with van der Waals surface area (Å²) in [6.45, 7) is 1.57. The first kappa shape index (κ1) is 9.73. The number of halogens is 1. The Kier molecular flexibility index (Phi) is 2.88. The summed E-state index contributed by atoms with van der Waals surface area (Å²) in [4.78, 5) is 4.20. The molecule has 1 fully saturated rings. The SMILES string of the molecule is Nc1cnc(N[C@H]2CCOC2)c(Br)c1. The van der Waals surface area contributed by atoms with E-state index in [9.17, 15) is 0 Å². The average Bonchev–Trinajstić information content (AvgIpc) is 2.62. The van der Waals surface area contributed by atoms with E-state index in [0.717, 1.165) is 29.9 Å². The van der Waals surface area contributed by atoms with Gasteiger partial charge in [0.05, 0.1) is 29.0 Å². The Morgan fingerprint density at radius 2 is 2.50 bits per heavy atom. The Morgan fingerprint density at radius 1 is 1.64 bits per heavy atom. The van der Waals surface area contributed by atoms with Crippen molar-refractivity contribution in [3.63, 3.8) is 0 Å². The first-order chi connectivity index (χ1) is 6.75. The predicted molar refractivity (Wildman–Crippen MR) is 59.2 cm³/mol. The minimum atomic E-state index is 0.363. The number of aromatic nitrogens is 1. The summed E-state index contributed by atoms with van der Waals surface area (Å²) in [6, 6.07) is 2.20. The molecule has 3 N–H and O–H groups in total. The molecule has 5 heteroatoms. The Bertz CT molecular complexity index is 326. The van der Waals surface area contributed by atoms with E-state index in [0.29, 0.717) is 11.7 Å². The fraction of sp³-hybridized carbons (Fsp3) is 0.444. The molecule has 1 saturated heterocycles. The molecule has 0 amide bonds. The highest BCUT2D eigenvalue weighted by Crippen LogP contribution is 2.23. The molecule has 0 spiro atoms. The van der Waals surface area contributed by atoms with Crippen LogP contribution in [-0.4, -0.2) is 24.2 Å². The maximum atomic E-state index is 5.59. The van der Waals surface area contributed by atoms with Gasteiger partial charge < -0.3 is 15.8 Å². The zero-order valence-electron chi connectivity index (χ0n) is 7.66. The average molecular weight is 258 g/mol. The molecule has 0 radical (unpaired) electrons. The van der Waals surface area contributed by atoms with Gasteiger partial charge in [0, 0.05) is 6.61 Å². The van der Waals surface area contributed by atoms with Crippen molar-refractivity contribution in [3.8, 4) is 0 Å². The van der Waals surface area contributed by atoms with Gasteiger partial charge >= 0.3 is 0 Å². The summed E-state index contributed by atoms with van der Waals surface area (Å²) in [5, 5.41) is 3.30. The maximum absolute atomic E-state index is 5.59. The Morgan fingerprint density at radius 3 is 3.14 bits per heavy atom. The fourth-order valence-electron chi connectivity index (χ4n) is 1.40. The van der Waals surface area contributed by atoms with Gasteiger partial charge in [-0.15, -0.1) is 0 Å². The molecule has 76 valence electrons. The van der Waals surface area contributed by atoms with Crippen LogP contribution in [-0.2, 0) is 4.74 Å². The van der Waals surface area contributed by atoms with Crippen molar-refractivity contribution in [1.82, 2.24) is 4.98 Å². The van der Waals surface area contributed by atoms with Crippen LogP contribution in [0.5, 0.6) is 0 Å². The molecule has 14 heavy (non-hydrogen) atoms. The second kappa shape index (κ2) is 4.14. The van der Waals surface area contributed by atoms with Gasteiger partial charge in [-0.2, -0.15) is 0 Å². The third-order valence-electron chi connectivity index (χ3n) is 2.13. The maximum Gasteiger partial charge on any atom is 0.140 e. The molecule has 1 atom stereocenters. The van der Waals surface area contributed by atoms with Gasteiger partial charge in [-0.3, -0.25) is 0 Å². The van der Waals surface area contributed by atoms with Crippen molar-refractivity contribution in [2.24, 2.45) is 0 Å². The van der Waals surface area contributed by atoms with Gasteiger partial charge in [0.2, 0.25) is 0 Å². The minimum Gasteiger partial charge on any atom is -0.397 e. The number of nitrogens with one attached hydrogen (secondary N) is 1. The first-order valence-corrected chi connectivity index (χ1v) is 5.30. The van der Waals surface area contributed by atoms with E-state index in [1.807, 2.05) is 6.07 Å². The zero-order chi connectivity index (χ0) is 9.97. The number of hydrogen-bond acceptors (Lipinski definition) is 4. The van der Waals surface area contributed by atoms with E-state index < -0.39 is 0 Å². The standard InChI is InChI=1S/C9H12BrN3O/c10-8-3-6(11)4-12-9(8)13-7-1-2-14-5-7/h3-4,7H,1-2,5,11H2,(H,12,13)/t7-/m0/s1. The fourth-order valence-corrected chi connectivity index (χ4v) is 1.88. The molecule has 0 aromatic carbocycles. The number of ether oxygens (including phenoxy) is 1. The molecule has 0 saturated carbocycles. The molecule has 4 nitrogen and oxygen atoms in total. The Balaban J connectivity index is 2.08. The number of nitrogens with two attached hydrogens (primary N) is 1. The number of anilines is 2. The highest BCUT2D eigenvalue weighted by molar-refractivity contribution is 9.10. The molecular formula is C9H12BrN3O. The van der Waals surface area contributed by atoms with Crippen LogP contribution in [0.1, 0.15) is 6.42 Å². The molecule has 2 heterocycles. The molecular weight excluding hydrogens is 246 g/mol. The van der Waals surface area contributed by atoms with E-state index in [-0.39, 0.29) is 0 Å². The van der Waals surface area contributed by atoms with Crippen LogP contribution < -0.4 is 11.1 Å². The molecule has 0 bridgehead atoms. The van der Waals surface area contributed by atoms with Crippen molar-refractivity contribution in [1.29, 1.82) is 0 Å². The zero-order valence-corrected chi connectivity index (χ0v) is 9.25. The summed E-state index contributed by atoms with van der Waals surface area (Å²) < 4.78 is 6.16. The van der Waals surface area contributed by atoms with E-state index >= 15 is 0 Å². The summed E-state index contributed by atoms with van der Waals surface area (Å²) in [6.07, 6.45) is 2.67. The highest BCUT2D eigenvalue weighted by atomic mass is 79.9. The van der Waals surface area contributed by atoms with E-state index in [2.05, 4.69) is 26.2 Å². The van der Waals surface area contributed by atoms with Crippen LogP contribution in [0.15, 0.2) is 16.7 Å². The molecule has 1 aliphatic heterocycles. The minimum absolute atomic E-state index is 0.363. The largest absolute Gasteiger partial charge is 0.397 e. The summed E-state index contributed by atoms with van der Waals surface area (Å²) >= 11 is 3.41. The van der Waals surface area contributed by atoms with Crippen LogP contribution >= 0.6 is 15.9 Å². The summed E-state index contributed by atoms with van der Waals surface area (Å²) in [5.41, 5.74) is 6.25. The predicted octanol–water partition coefficient (Wildman–Crippen LogP) is 1.63. The van der Waals surface area contributed by atoms with E-state index in [1.54, 1.807) is 6.20 Å². The van der Waals surface area contributed by atoms with E-state index in [1.165, 1.54) is 0 Å². The lowest BCUT2D eigenvalue weighted by molar-refractivity contribution is 0.195. The Labute approximate surface area is 91.0 Å². The van der Waals surface area contributed by atoms with Crippen molar-refractivity contribution in [2.75, 3.05) is 24.3 Å². The van der Waals surface area contributed by atoms with Gasteiger partial charge in [0.1, 0.15) is 5.82 Å². The molecule has 1 aromatic rings. The number of rotatable bonds is 2. The lowest BCUT2D eigenvalue weighted by Crippen LogP contribution is -2.19. The lowest BCUT2D eigenvalue weighted by Gasteiger charge is -2.12. The monoisotopic (exact) mass is 257 g/mol. The number of nitrogen functional groups attached to an aromatic ring is 1. The van der Waals surface area contributed by atoms with Gasteiger partial charge in [0.15, 0.2) is 0 Å². The summed E-state index contributed by atoms with van der Waals surface area (Å²) in [7, 11) is 0. The van der Waals surface area contributed by atoms with Gasteiger partial charge in [0.25, 0.3) is 0 Å². The summed E-state index contributed by atoms with van der Waals surface area (Å²) in [5.74, 6) is 0.828. The molecule has 0 aliphatic carbocycles. The second-order valence-corrected chi connectivity index (χ2v) is 4.16. The van der Waals surface area contributed by atoms with Crippen LogP contribution in [0.3, 0.4) is 0 Å².